The Morgan fingerprint density at radius 3 is 1.51 bits per heavy atom. The minimum Gasteiger partial charge on any atom is -0.480 e. The molecule has 0 saturated carbocycles. The molecule has 2 saturated heterocycles. The Bertz CT molecular complexity index is 2370. The molecular formula is C53H74N8O8S2. The number of hydrogen-bond donors (Lipinski definition) is 5. The summed E-state index contributed by atoms with van der Waals surface area (Å²) < 4.78 is 4.90. The topological polar surface area (TPSA) is 221 Å². The molecule has 2 fully saturated rings. The molecule has 4 aromatic carbocycles. The van der Waals surface area contributed by atoms with Crippen molar-refractivity contribution >= 4 is 80.6 Å². The second-order valence-corrected chi connectivity index (χ2v) is 20.1. The predicted octanol–water partition coefficient (Wildman–Crippen LogP) is 4.70. The van der Waals surface area contributed by atoms with Crippen molar-refractivity contribution in [1.29, 1.82) is 0 Å². The summed E-state index contributed by atoms with van der Waals surface area (Å²) in [6, 6.07) is 27.0. The average molecular weight is 1020 g/mol. The number of ether oxygens (including phenoxy) is 1. The second-order valence-electron chi connectivity index (χ2n) is 18.1. The Morgan fingerprint density at radius 1 is 0.662 bits per heavy atom. The van der Waals surface area contributed by atoms with Gasteiger partial charge in [0.2, 0.25) is 23.6 Å². The van der Waals surface area contributed by atoms with Crippen molar-refractivity contribution < 1.29 is 38.6 Å². The summed E-state index contributed by atoms with van der Waals surface area (Å²) in [5.74, 6) is -0.516. The molecule has 18 heteroatoms. The number of thioether (sulfide) groups is 2. The van der Waals surface area contributed by atoms with E-state index in [1.807, 2.05) is 63.6 Å². The number of amides is 4. The molecule has 0 radical (unpaired) electrons. The quantitative estimate of drug-likeness (QED) is 0.0539. The molecule has 71 heavy (non-hydrogen) atoms. The standard InChI is InChI=1S/C27H38N4O4S.C26H36N4O4S/c1-35-27(34)24(13-16-36-2)29-25(32)19-30(18-22-10-6-15-31(22)26(33)12-14-28)17-21-9-5-8-20-7-3-4-11-23(20)21;1-35-15-12-23(26(33)34)28-24(31)18-29(17-21-9-5-14-30(21)25(32)11-13-27)16-20-8-4-7-19-6-2-3-10-22(19)20/h3-5,7-9,11,22,24H,6,10,12-19,28H2,1-2H3,(H,29,32);2-4,6-8,10,21,23H,5,9,11-18,27H2,1H3,(H,28,31)(H,33,34)/t22-,24-;21-,23-/m00/s1. The van der Waals surface area contributed by atoms with Crippen LogP contribution in [0.25, 0.3) is 21.5 Å². The molecule has 2 aliphatic rings. The number of carboxylic acid groups (broad SMARTS) is 1. The van der Waals surface area contributed by atoms with Crippen LogP contribution in [-0.4, -0.2) is 168 Å². The van der Waals surface area contributed by atoms with E-state index in [2.05, 4.69) is 64.1 Å². The van der Waals surface area contributed by atoms with Crippen LogP contribution in [0.3, 0.4) is 0 Å². The van der Waals surface area contributed by atoms with Crippen molar-refractivity contribution in [1.82, 2.24) is 30.2 Å². The van der Waals surface area contributed by atoms with E-state index in [0.29, 0.717) is 77.2 Å². The van der Waals surface area contributed by atoms with E-state index in [9.17, 15) is 33.9 Å². The predicted molar refractivity (Wildman–Crippen MR) is 285 cm³/mol. The van der Waals surface area contributed by atoms with Crippen LogP contribution in [0.15, 0.2) is 84.9 Å². The van der Waals surface area contributed by atoms with E-state index in [0.717, 1.165) is 70.7 Å². The summed E-state index contributed by atoms with van der Waals surface area (Å²) in [7, 11) is 1.33. The lowest BCUT2D eigenvalue weighted by molar-refractivity contribution is -0.145. The van der Waals surface area contributed by atoms with Crippen LogP contribution in [0.4, 0.5) is 0 Å². The summed E-state index contributed by atoms with van der Waals surface area (Å²) in [5, 5.41) is 19.6. The number of carbonyl (C=O) groups excluding carboxylic acids is 5. The van der Waals surface area contributed by atoms with Gasteiger partial charge < -0.3 is 41.7 Å². The van der Waals surface area contributed by atoms with E-state index in [-0.39, 0.29) is 48.8 Å². The van der Waals surface area contributed by atoms with Gasteiger partial charge in [0.15, 0.2) is 0 Å². The highest BCUT2D eigenvalue weighted by Crippen LogP contribution is 2.25. The van der Waals surface area contributed by atoms with Crippen LogP contribution in [0.1, 0.15) is 62.5 Å². The molecule has 0 aliphatic carbocycles. The number of carboxylic acids is 1. The number of likely N-dealkylation sites (tertiary alicyclic amines) is 2. The number of nitrogens with one attached hydrogen (secondary N) is 2. The number of benzene rings is 4. The molecule has 386 valence electrons. The van der Waals surface area contributed by atoms with Gasteiger partial charge in [0, 0.05) is 77.3 Å². The molecule has 2 aliphatic heterocycles. The molecule has 4 aromatic rings. The number of esters is 1. The highest BCUT2D eigenvalue weighted by Gasteiger charge is 2.33. The number of nitrogens with zero attached hydrogens (tertiary/aromatic N) is 4. The zero-order valence-electron chi connectivity index (χ0n) is 41.6. The third kappa shape index (κ3) is 17.5. The normalized spacial score (nSPS) is 16.4. The van der Waals surface area contributed by atoms with Gasteiger partial charge in [-0.25, -0.2) is 9.59 Å². The zero-order chi connectivity index (χ0) is 51.1. The SMILES string of the molecule is COC(=O)[C@H](CCSC)NC(=O)CN(Cc1cccc2ccccc12)C[C@@H]1CCCN1C(=O)CCN.CSCC[C@H](NC(=O)CN(Cc1cccc2ccccc12)C[C@@H]1CCCN1C(=O)CCN)C(=O)O. The minimum atomic E-state index is -1.03. The Hall–Kier alpha value is -5.24. The maximum atomic E-state index is 13.1. The molecule has 4 amide bonds. The lowest BCUT2D eigenvalue weighted by atomic mass is 10.0. The molecule has 4 atom stereocenters. The first-order valence-corrected chi connectivity index (χ1v) is 27.4. The van der Waals surface area contributed by atoms with Gasteiger partial charge in [-0.3, -0.25) is 29.0 Å². The number of hydrogen-bond acceptors (Lipinski definition) is 13. The fourth-order valence-electron chi connectivity index (χ4n) is 9.56. The van der Waals surface area contributed by atoms with Gasteiger partial charge in [0.1, 0.15) is 12.1 Å². The second kappa shape index (κ2) is 29.9. The Balaban J connectivity index is 0.000000264. The zero-order valence-corrected chi connectivity index (χ0v) is 43.2. The summed E-state index contributed by atoms with van der Waals surface area (Å²) in [4.78, 5) is 83.1. The van der Waals surface area contributed by atoms with Crippen LogP contribution >= 0.6 is 23.5 Å². The number of methoxy groups -OCH3 is 1. The molecule has 0 unspecified atom stereocenters. The van der Waals surface area contributed by atoms with Crippen LogP contribution < -0.4 is 22.1 Å². The number of carbonyl (C=O) groups is 6. The third-order valence-electron chi connectivity index (χ3n) is 13.0. The number of fused-ring (bicyclic) bond motifs is 2. The first kappa shape index (κ1) is 56.7. The fraction of sp³-hybridized carbons (Fsp3) is 0.509. The van der Waals surface area contributed by atoms with E-state index in [1.165, 1.54) is 7.11 Å². The van der Waals surface area contributed by atoms with Crippen molar-refractivity contribution in [2.24, 2.45) is 11.5 Å². The van der Waals surface area contributed by atoms with E-state index >= 15 is 0 Å². The fourth-order valence-corrected chi connectivity index (χ4v) is 10.5. The molecule has 0 spiro atoms. The lowest BCUT2D eigenvalue weighted by Crippen LogP contribution is -2.49. The Labute approximate surface area is 427 Å². The maximum Gasteiger partial charge on any atom is 0.328 e. The van der Waals surface area contributed by atoms with Crippen molar-refractivity contribution in [2.75, 3.05) is 83.5 Å². The smallest absolute Gasteiger partial charge is 0.328 e. The van der Waals surface area contributed by atoms with Gasteiger partial charge in [-0.05, 0) is 95.2 Å². The van der Waals surface area contributed by atoms with Crippen LogP contribution in [-0.2, 0) is 46.6 Å². The molecule has 16 nitrogen and oxygen atoms in total. The van der Waals surface area contributed by atoms with E-state index in [1.54, 1.807) is 23.5 Å². The van der Waals surface area contributed by atoms with Crippen LogP contribution in [0.5, 0.6) is 0 Å². The monoisotopic (exact) mass is 1010 g/mol. The summed E-state index contributed by atoms with van der Waals surface area (Å²) in [5.41, 5.74) is 13.4. The summed E-state index contributed by atoms with van der Waals surface area (Å²) >= 11 is 3.16. The lowest BCUT2D eigenvalue weighted by Gasteiger charge is -2.31. The molecular weight excluding hydrogens is 941 g/mol. The van der Waals surface area contributed by atoms with Gasteiger partial charge in [-0.1, -0.05) is 84.9 Å². The highest BCUT2D eigenvalue weighted by atomic mass is 32.2. The maximum absolute atomic E-state index is 13.1. The Morgan fingerprint density at radius 2 is 1.08 bits per heavy atom. The number of rotatable bonds is 26. The van der Waals surface area contributed by atoms with Crippen molar-refractivity contribution in [3.63, 3.8) is 0 Å². The summed E-state index contributed by atoms with van der Waals surface area (Å²) in [6.07, 6.45) is 9.01. The first-order chi connectivity index (χ1) is 34.4. The Kier molecular flexibility index (Phi) is 23.9. The van der Waals surface area contributed by atoms with Gasteiger partial charge >= 0.3 is 11.9 Å². The third-order valence-corrected chi connectivity index (χ3v) is 14.3. The molecule has 2 heterocycles. The largest absolute Gasteiger partial charge is 0.480 e. The van der Waals surface area contributed by atoms with Gasteiger partial charge in [-0.15, -0.1) is 0 Å². The first-order valence-electron chi connectivity index (χ1n) is 24.6. The molecule has 7 N–H and O–H groups in total. The minimum absolute atomic E-state index is 0.00332. The number of nitrogens with two attached hydrogens (primary N) is 2. The molecule has 0 aromatic heterocycles. The van der Waals surface area contributed by atoms with Gasteiger partial charge in [-0.2, -0.15) is 23.5 Å². The van der Waals surface area contributed by atoms with Gasteiger partial charge in [0.05, 0.1) is 20.2 Å². The van der Waals surface area contributed by atoms with Crippen molar-refractivity contribution in [3.05, 3.63) is 96.1 Å². The van der Waals surface area contributed by atoms with Crippen LogP contribution in [0.2, 0.25) is 0 Å². The van der Waals surface area contributed by atoms with E-state index in [4.69, 9.17) is 16.2 Å². The highest BCUT2D eigenvalue weighted by molar-refractivity contribution is 7.98. The average Bonchev–Trinajstić information content (AvgIpc) is 4.04. The van der Waals surface area contributed by atoms with Crippen LogP contribution in [0, 0.1) is 0 Å². The number of aliphatic carboxylic acids is 1. The van der Waals surface area contributed by atoms with E-state index < -0.39 is 24.0 Å². The molecule has 0 bridgehead atoms. The van der Waals surface area contributed by atoms with Crippen molar-refractivity contribution in [2.45, 2.75) is 88.6 Å². The van der Waals surface area contributed by atoms with Gasteiger partial charge in [0.25, 0.3) is 0 Å². The van der Waals surface area contributed by atoms with Crippen molar-refractivity contribution in [3.8, 4) is 0 Å². The summed E-state index contributed by atoms with van der Waals surface area (Å²) in [6.45, 7) is 4.42. The molecule has 6 rings (SSSR count).